The minimum absolute atomic E-state index is 0.116. The van der Waals surface area contributed by atoms with Crippen molar-refractivity contribution in [3.05, 3.63) is 108 Å². The molecule has 3 aromatic rings. The summed E-state index contributed by atoms with van der Waals surface area (Å²) in [7, 11) is 2.04. The first-order chi connectivity index (χ1) is 17.6. The number of carbonyl (C=O) groups excluding carboxylic acids is 2. The van der Waals surface area contributed by atoms with Crippen LogP contribution >= 0.6 is 0 Å². The van der Waals surface area contributed by atoms with Crippen LogP contribution in [0.15, 0.2) is 91.0 Å². The van der Waals surface area contributed by atoms with Crippen molar-refractivity contribution in [2.75, 3.05) is 33.2 Å². The standard InChI is InChI=1S/C29H32N4O3/c1-32(21-22-11-5-2-6-12-22)18-17-31-27(34)25-19-30-20-26-28(35)36-29(33(25)26,23-13-7-3-8-14-23)24-15-9-4-10-16-24/h2-16,25-26,30H,17-21H2,1H3,(H,31,34). The number of hydrogen-bond acceptors (Lipinski definition) is 6. The third-order valence-corrected chi connectivity index (χ3v) is 6.95. The van der Waals surface area contributed by atoms with Crippen molar-refractivity contribution in [1.82, 2.24) is 20.4 Å². The SMILES string of the molecule is CN(CCNC(=O)C1CNCC2C(=O)OC(c3ccccc3)(c3ccccc3)N12)Cc1ccccc1. The Bertz CT molecular complexity index is 1130. The second kappa shape index (κ2) is 10.6. The van der Waals surface area contributed by atoms with Crippen LogP contribution in [0.4, 0.5) is 0 Å². The van der Waals surface area contributed by atoms with E-state index in [4.69, 9.17) is 4.74 Å². The fourth-order valence-corrected chi connectivity index (χ4v) is 5.26. The highest BCUT2D eigenvalue weighted by molar-refractivity contribution is 5.86. The minimum Gasteiger partial charge on any atom is -0.434 e. The van der Waals surface area contributed by atoms with Gasteiger partial charge in [-0.15, -0.1) is 0 Å². The number of rotatable bonds is 8. The summed E-state index contributed by atoms with van der Waals surface area (Å²) in [5, 5.41) is 6.38. The lowest BCUT2D eigenvalue weighted by Gasteiger charge is -2.44. The molecule has 36 heavy (non-hydrogen) atoms. The molecule has 2 aliphatic heterocycles. The topological polar surface area (TPSA) is 73.9 Å². The molecule has 5 rings (SSSR count). The van der Waals surface area contributed by atoms with Gasteiger partial charge in [0.1, 0.15) is 12.1 Å². The largest absolute Gasteiger partial charge is 0.434 e. The number of amides is 1. The summed E-state index contributed by atoms with van der Waals surface area (Å²) >= 11 is 0. The summed E-state index contributed by atoms with van der Waals surface area (Å²) < 4.78 is 6.22. The number of benzene rings is 3. The fourth-order valence-electron chi connectivity index (χ4n) is 5.26. The molecular formula is C29H32N4O3. The van der Waals surface area contributed by atoms with Crippen molar-refractivity contribution in [2.24, 2.45) is 0 Å². The molecule has 2 aliphatic rings. The van der Waals surface area contributed by atoms with Gasteiger partial charge in [-0.2, -0.15) is 0 Å². The van der Waals surface area contributed by atoms with Gasteiger partial charge in [-0.1, -0.05) is 91.0 Å². The van der Waals surface area contributed by atoms with Gasteiger partial charge in [0.25, 0.3) is 0 Å². The predicted molar refractivity (Wildman–Crippen MR) is 138 cm³/mol. The zero-order valence-electron chi connectivity index (χ0n) is 20.5. The summed E-state index contributed by atoms with van der Waals surface area (Å²) in [6.07, 6.45) is 0. The molecule has 0 aliphatic carbocycles. The number of nitrogens with zero attached hydrogens (tertiary/aromatic N) is 2. The van der Waals surface area contributed by atoms with Gasteiger partial charge in [-0.05, 0) is 12.6 Å². The Labute approximate surface area is 212 Å². The lowest BCUT2D eigenvalue weighted by atomic mass is 9.90. The molecule has 2 heterocycles. The minimum atomic E-state index is -1.17. The normalized spacial score (nSPS) is 21.1. The summed E-state index contributed by atoms with van der Waals surface area (Å²) in [4.78, 5) is 30.9. The summed E-state index contributed by atoms with van der Waals surface area (Å²) in [5.41, 5.74) is 1.72. The average Bonchev–Trinajstić information content (AvgIpc) is 3.23. The van der Waals surface area contributed by atoms with E-state index in [1.54, 1.807) is 0 Å². The van der Waals surface area contributed by atoms with Gasteiger partial charge in [0.2, 0.25) is 11.6 Å². The molecule has 0 radical (unpaired) electrons. The van der Waals surface area contributed by atoms with E-state index in [1.165, 1.54) is 5.56 Å². The first kappa shape index (κ1) is 24.2. The van der Waals surface area contributed by atoms with Crippen molar-refractivity contribution in [2.45, 2.75) is 24.4 Å². The molecule has 186 valence electrons. The number of nitrogens with one attached hydrogen (secondary N) is 2. The molecule has 2 fully saturated rings. The van der Waals surface area contributed by atoms with Gasteiger partial charge < -0.3 is 20.3 Å². The molecule has 0 bridgehead atoms. The van der Waals surface area contributed by atoms with Crippen molar-refractivity contribution in [1.29, 1.82) is 0 Å². The second-order valence-electron chi connectivity index (χ2n) is 9.41. The molecule has 2 unspecified atom stereocenters. The van der Waals surface area contributed by atoms with Gasteiger partial charge >= 0.3 is 5.97 Å². The Morgan fingerprint density at radius 1 is 0.972 bits per heavy atom. The van der Waals surface area contributed by atoms with Gasteiger partial charge in [0.15, 0.2) is 0 Å². The molecule has 0 spiro atoms. The van der Waals surface area contributed by atoms with Crippen LogP contribution in [0.3, 0.4) is 0 Å². The number of carbonyl (C=O) groups is 2. The molecule has 2 N–H and O–H groups in total. The van der Waals surface area contributed by atoms with E-state index < -0.39 is 17.8 Å². The molecule has 2 atom stereocenters. The van der Waals surface area contributed by atoms with Crippen molar-refractivity contribution < 1.29 is 14.3 Å². The van der Waals surface area contributed by atoms with Crippen LogP contribution in [-0.2, 0) is 26.6 Å². The van der Waals surface area contributed by atoms with Crippen LogP contribution < -0.4 is 10.6 Å². The molecule has 1 amide bonds. The zero-order chi connectivity index (χ0) is 25.0. The maximum absolute atomic E-state index is 13.6. The fraction of sp³-hybridized carbons (Fsp3) is 0.310. The van der Waals surface area contributed by atoms with Crippen molar-refractivity contribution >= 4 is 11.9 Å². The molecule has 0 aromatic heterocycles. The molecule has 2 saturated heterocycles. The van der Waals surface area contributed by atoms with Crippen molar-refractivity contribution in [3.8, 4) is 0 Å². The second-order valence-corrected chi connectivity index (χ2v) is 9.41. The van der Waals surface area contributed by atoms with Gasteiger partial charge in [-0.3, -0.25) is 9.59 Å². The molecule has 3 aromatic carbocycles. The van der Waals surface area contributed by atoms with Crippen LogP contribution in [0.5, 0.6) is 0 Å². The van der Waals surface area contributed by atoms with Crippen LogP contribution in [-0.4, -0.2) is 67.0 Å². The third kappa shape index (κ3) is 4.65. The smallest absolute Gasteiger partial charge is 0.327 e. The molecule has 7 heteroatoms. The van der Waals surface area contributed by atoms with Gasteiger partial charge in [0, 0.05) is 43.9 Å². The average molecular weight is 485 g/mol. The lowest BCUT2D eigenvalue weighted by molar-refractivity contribution is -0.153. The number of likely N-dealkylation sites (N-methyl/N-ethyl adjacent to an activating group) is 1. The molecule has 0 saturated carbocycles. The monoisotopic (exact) mass is 484 g/mol. The number of cyclic esters (lactones) is 1. The Morgan fingerprint density at radius 3 is 2.17 bits per heavy atom. The Kier molecular flexibility index (Phi) is 7.13. The first-order valence-corrected chi connectivity index (χ1v) is 12.4. The Morgan fingerprint density at radius 2 is 1.56 bits per heavy atom. The number of ether oxygens (including phenoxy) is 1. The van der Waals surface area contributed by atoms with Crippen molar-refractivity contribution in [3.63, 3.8) is 0 Å². The highest BCUT2D eigenvalue weighted by Gasteiger charge is 2.60. The van der Waals surface area contributed by atoms with E-state index in [2.05, 4.69) is 27.7 Å². The van der Waals surface area contributed by atoms with E-state index >= 15 is 0 Å². The van der Waals surface area contributed by atoms with E-state index in [0.29, 0.717) is 26.2 Å². The number of hydrogen-bond donors (Lipinski definition) is 2. The highest BCUT2D eigenvalue weighted by Crippen LogP contribution is 2.45. The Hall–Kier alpha value is -3.52. The molecule has 7 nitrogen and oxygen atoms in total. The zero-order valence-corrected chi connectivity index (χ0v) is 20.5. The van der Waals surface area contributed by atoms with E-state index in [9.17, 15) is 9.59 Å². The number of piperazine rings is 1. The number of esters is 1. The summed E-state index contributed by atoms with van der Waals surface area (Å²) in [6.45, 7) is 2.89. The third-order valence-electron chi connectivity index (χ3n) is 6.95. The maximum Gasteiger partial charge on any atom is 0.327 e. The summed E-state index contributed by atoms with van der Waals surface area (Å²) in [6, 6.07) is 28.6. The van der Waals surface area contributed by atoms with Crippen LogP contribution in [0.25, 0.3) is 0 Å². The van der Waals surface area contributed by atoms with E-state index in [1.807, 2.05) is 90.8 Å². The summed E-state index contributed by atoms with van der Waals surface area (Å²) in [5.74, 6) is -0.440. The van der Waals surface area contributed by atoms with Gasteiger partial charge in [0.05, 0.1) is 0 Å². The van der Waals surface area contributed by atoms with E-state index in [0.717, 1.165) is 17.7 Å². The highest BCUT2D eigenvalue weighted by atomic mass is 16.6. The first-order valence-electron chi connectivity index (χ1n) is 12.4. The van der Waals surface area contributed by atoms with E-state index in [-0.39, 0.29) is 11.9 Å². The van der Waals surface area contributed by atoms with Crippen LogP contribution in [0.2, 0.25) is 0 Å². The van der Waals surface area contributed by atoms with Crippen LogP contribution in [0.1, 0.15) is 16.7 Å². The molecular weight excluding hydrogens is 452 g/mol. The lowest BCUT2D eigenvalue weighted by Crippen LogP contribution is -2.66. The maximum atomic E-state index is 13.6. The quantitative estimate of drug-likeness (QED) is 0.478. The number of fused-ring (bicyclic) bond motifs is 1. The predicted octanol–water partition coefficient (Wildman–Crippen LogP) is 2.34. The van der Waals surface area contributed by atoms with Crippen LogP contribution in [0, 0.1) is 0 Å². The Balaban J connectivity index is 1.37. The van der Waals surface area contributed by atoms with Gasteiger partial charge in [-0.25, -0.2) is 4.90 Å².